The lowest BCUT2D eigenvalue weighted by Gasteiger charge is -2.23. The van der Waals surface area contributed by atoms with E-state index in [1.54, 1.807) is 11.0 Å². The van der Waals surface area contributed by atoms with Gasteiger partial charge in [-0.1, -0.05) is 32.0 Å². The molecule has 1 aliphatic rings. The molecular weight excluding hydrogens is 358 g/mol. The van der Waals surface area contributed by atoms with Gasteiger partial charge in [-0.05, 0) is 30.9 Å². The fraction of sp³-hybridized carbons (Fsp3) is 0.476. The monoisotopic (exact) mass is 383 g/mol. The molecule has 1 aromatic carbocycles. The predicted octanol–water partition coefficient (Wildman–Crippen LogP) is 2.84. The lowest BCUT2D eigenvalue weighted by atomic mass is 9.96. The zero-order chi connectivity index (χ0) is 20.8. The molecule has 2 rings (SSSR count). The van der Waals surface area contributed by atoms with Crippen LogP contribution in [0.1, 0.15) is 45.1 Å². The molecule has 0 saturated carbocycles. The molecule has 1 aromatic rings. The minimum atomic E-state index is -1.21. The van der Waals surface area contributed by atoms with E-state index in [-0.39, 0.29) is 30.5 Å². The van der Waals surface area contributed by atoms with Crippen molar-refractivity contribution in [1.82, 2.24) is 0 Å². The Balaban J connectivity index is 2.05. The maximum atomic E-state index is 12.5. The third-order valence-electron chi connectivity index (χ3n) is 5.07. The molecule has 3 atom stereocenters. The summed E-state index contributed by atoms with van der Waals surface area (Å²) in [4.78, 5) is 38.4. The van der Waals surface area contributed by atoms with Crippen LogP contribution in [-0.4, -0.2) is 36.5 Å². The molecule has 0 spiro atoms. The van der Waals surface area contributed by atoms with Crippen molar-refractivity contribution in [2.75, 3.05) is 18.1 Å². The Bertz CT molecular complexity index is 827. The Morgan fingerprint density at radius 2 is 2.07 bits per heavy atom. The summed E-state index contributed by atoms with van der Waals surface area (Å²) in [5.41, 5.74) is 1.77. The van der Waals surface area contributed by atoms with Gasteiger partial charge in [0.15, 0.2) is 12.4 Å². The van der Waals surface area contributed by atoms with E-state index in [0.29, 0.717) is 0 Å². The van der Waals surface area contributed by atoms with Crippen molar-refractivity contribution in [3.63, 3.8) is 0 Å². The molecular formula is C21H25N3O4. The fourth-order valence-electron chi connectivity index (χ4n) is 3.22. The summed E-state index contributed by atoms with van der Waals surface area (Å²) in [6, 6.07) is 9.38. The van der Waals surface area contributed by atoms with Crippen molar-refractivity contribution < 1.29 is 19.1 Å². The predicted molar refractivity (Wildman–Crippen MR) is 104 cm³/mol. The number of Topliss-reactive ketones (excluding diaryl/α,β-unsaturated/α-hetero) is 1. The number of nitriles is 1. The van der Waals surface area contributed by atoms with Crippen LogP contribution in [0, 0.1) is 28.6 Å². The first-order chi connectivity index (χ1) is 13.3. The summed E-state index contributed by atoms with van der Waals surface area (Å²) in [6.07, 6.45) is 0.951. The van der Waals surface area contributed by atoms with Gasteiger partial charge in [0, 0.05) is 24.4 Å². The Labute approximate surface area is 164 Å². The van der Waals surface area contributed by atoms with E-state index in [1.165, 1.54) is 6.92 Å². The number of rotatable bonds is 8. The van der Waals surface area contributed by atoms with E-state index in [1.807, 2.05) is 24.3 Å². The molecule has 7 nitrogen and oxygen atoms in total. The summed E-state index contributed by atoms with van der Waals surface area (Å²) >= 11 is 0. The number of carbonyl (C=O) groups excluding carboxylic acids is 3. The van der Waals surface area contributed by atoms with E-state index in [2.05, 4.69) is 13.8 Å². The number of ether oxygens (including phenoxy) is 1. The maximum Gasteiger partial charge on any atom is 0.311 e. The quantitative estimate of drug-likeness (QED) is 0.548. The normalized spacial score (nSPS) is 18.3. The van der Waals surface area contributed by atoms with Gasteiger partial charge >= 0.3 is 5.97 Å². The van der Waals surface area contributed by atoms with Crippen LogP contribution >= 0.6 is 0 Å². The second kappa shape index (κ2) is 9.27. The lowest BCUT2D eigenvalue weighted by Crippen LogP contribution is -2.30. The van der Waals surface area contributed by atoms with E-state index in [0.717, 1.165) is 17.7 Å². The van der Waals surface area contributed by atoms with E-state index in [9.17, 15) is 14.4 Å². The summed E-state index contributed by atoms with van der Waals surface area (Å²) in [5, 5.41) is 16.3. The molecule has 0 aromatic heterocycles. The Morgan fingerprint density at radius 1 is 1.39 bits per heavy atom. The van der Waals surface area contributed by atoms with Gasteiger partial charge < -0.3 is 15.0 Å². The first kappa shape index (κ1) is 21.3. The number of nitrogens with zero attached hydrogens (tertiary/aromatic N) is 2. The van der Waals surface area contributed by atoms with Crippen molar-refractivity contribution >= 4 is 29.1 Å². The molecule has 1 amide bonds. The molecule has 0 aliphatic carbocycles. The van der Waals surface area contributed by atoms with Gasteiger partial charge in [0.1, 0.15) is 5.92 Å². The van der Waals surface area contributed by atoms with Gasteiger partial charge in [0.2, 0.25) is 5.91 Å². The summed E-state index contributed by atoms with van der Waals surface area (Å²) in [5.74, 6) is -3.02. The van der Waals surface area contributed by atoms with E-state index < -0.39 is 30.2 Å². The molecule has 28 heavy (non-hydrogen) atoms. The molecule has 148 valence electrons. The second-order valence-corrected chi connectivity index (χ2v) is 7.09. The first-order valence-electron chi connectivity index (χ1n) is 9.33. The van der Waals surface area contributed by atoms with Gasteiger partial charge in [-0.25, -0.2) is 0 Å². The van der Waals surface area contributed by atoms with Crippen LogP contribution in [0.3, 0.4) is 0 Å². The minimum Gasteiger partial charge on any atom is -0.457 e. The van der Waals surface area contributed by atoms with Crippen LogP contribution in [-0.2, 0) is 19.1 Å². The zero-order valence-corrected chi connectivity index (χ0v) is 16.4. The SMILES string of the molecule is CC[C@@H](C)c1ccccc1N1C[C@H](C(=O)OCC(=O)[C@H](C#N)C(C)=N)CC1=O. The highest BCUT2D eigenvalue weighted by Gasteiger charge is 2.37. The number of nitrogens with one attached hydrogen (secondary N) is 1. The molecule has 1 heterocycles. The topological polar surface area (TPSA) is 111 Å². The number of carbonyl (C=O) groups is 3. The van der Waals surface area contributed by atoms with Crippen LogP contribution in [0.15, 0.2) is 24.3 Å². The molecule has 1 aliphatic heterocycles. The average Bonchev–Trinajstić information content (AvgIpc) is 3.07. The van der Waals surface area contributed by atoms with Crippen LogP contribution in [0.25, 0.3) is 0 Å². The van der Waals surface area contributed by atoms with Gasteiger partial charge in [-0.15, -0.1) is 0 Å². The van der Waals surface area contributed by atoms with Crippen molar-refractivity contribution in [3.05, 3.63) is 29.8 Å². The molecule has 0 bridgehead atoms. The Morgan fingerprint density at radius 3 is 2.68 bits per heavy atom. The number of ketones is 1. The number of para-hydroxylation sites is 1. The van der Waals surface area contributed by atoms with E-state index in [4.69, 9.17) is 15.4 Å². The van der Waals surface area contributed by atoms with Crippen LogP contribution < -0.4 is 4.90 Å². The molecule has 1 N–H and O–H groups in total. The van der Waals surface area contributed by atoms with Crippen molar-refractivity contribution in [2.24, 2.45) is 11.8 Å². The lowest BCUT2D eigenvalue weighted by molar-refractivity contribution is -0.152. The number of hydrogen-bond donors (Lipinski definition) is 1. The van der Waals surface area contributed by atoms with E-state index >= 15 is 0 Å². The van der Waals surface area contributed by atoms with Crippen LogP contribution in [0.5, 0.6) is 0 Å². The standard InChI is InChI=1S/C21H25N3O4/c1-4-13(2)16-7-5-6-8-18(16)24-11-15(9-20(24)26)21(27)28-12-19(25)17(10-22)14(3)23/h5-8,13,15,17,23H,4,9,11-12H2,1-3H3/t13-,15-,17-/m1/s1. The molecule has 0 unspecified atom stereocenters. The van der Waals surface area contributed by atoms with Gasteiger partial charge in [0.25, 0.3) is 0 Å². The number of hydrogen-bond acceptors (Lipinski definition) is 6. The molecule has 0 radical (unpaired) electrons. The number of amides is 1. The zero-order valence-electron chi connectivity index (χ0n) is 16.4. The van der Waals surface area contributed by atoms with Crippen molar-refractivity contribution in [2.45, 2.75) is 39.5 Å². The second-order valence-electron chi connectivity index (χ2n) is 7.09. The van der Waals surface area contributed by atoms with Crippen molar-refractivity contribution in [3.8, 4) is 6.07 Å². The fourth-order valence-corrected chi connectivity index (χ4v) is 3.22. The minimum absolute atomic E-state index is 0.0210. The van der Waals surface area contributed by atoms with Gasteiger partial charge in [-0.2, -0.15) is 5.26 Å². The van der Waals surface area contributed by atoms with Crippen LogP contribution in [0.2, 0.25) is 0 Å². The molecule has 1 fully saturated rings. The number of benzene rings is 1. The first-order valence-corrected chi connectivity index (χ1v) is 9.33. The van der Waals surface area contributed by atoms with Gasteiger partial charge in [0.05, 0.1) is 12.0 Å². The highest BCUT2D eigenvalue weighted by molar-refractivity contribution is 6.06. The number of esters is 1. The largest absolute Gasteiger partial charge is 0.457 e. The van der Waals surface area contributed by atoms with Crippen LogP contribution in [0.4, 0.5) is 5.69 Å². The van der Waals surface area contributed by atoms with Gasteiger partial charge in [-0.3, -0.25) is 14.4 Å². The summed E-state index contributed by atoms with van der Waals surface area (Å²) in [6.45, 7) is 5.16. The highest BCUT2D eigenvalue weighted by atomic mass is 16.5. The summed E-state index contributed by atoms with van der Waals surface area (Å²) in [7, 11) is 0. The molecule has 7 heteroatoms. The third-order valence-corrected chi connectivity index (χ3v) is 5.07. The highest BCUT2D eigenvalue weighted by Crippen LogP contribution is 2.33. The smallest absolute Gasteiger partial charge is 0.311 e. The molecule has 1 saturated heterocycles. The maximum absolute atomic E-state index is 12.5. The Kier molecular flexibility index (Phi) is 7.05. The Hall–Kier alpha value is -3.01. The van der Waals surface area contributed by atoms with Crippen molar-refractivity contribution in [1.29, 1.82) is 10.7 Å². The summed E-state index contributed by atoms with van der Waals surface area (Å²) < 4.78 is 5.04. The average molecular weight is 383 g/mol. The third kappa shape index (κ3) is 4.63. The number of anilines is 1.